The summed E-state index contributed by atoms with van der Waals surface area (Å²) >= 11 is 7.58. The quantitative estimate of drug-likeness (QED) is 0.380. The molecule has 4 rings (SSSR count). The maximum absolute atomic E-state index is 13.4. The summed E-state index contributed by atoms with van der Waals surface area (Å²) in [5, 5.41) is 1.30. The van der Waals surface area contributed by atoms with Crippen molar-refractivity contribution in [2.75, 3.05) is 4.90 Å². The van der Waals surface area contributed by atoms with Crippen molar-refractivity contribution >= 4 is 44.2 Å². The summed E-state index contributed by atoms with van der Waals surface area (Å²) in [7, 11) is 0. The zero-order valence-electron chi connectivity index (χ0n) is 16.5. The van der Waals surface area contributed by atoms with Gasteiger partial charge in [-0.15, -0.1) is 0 Å². The Morgan fingerprint density at radius 3 is 2.59 bits per heavy atom. The lowest BCUT2D eigenvalue weighted by Crippen LogP contribution is -2.32. The fourth-order valence-electron chi connectivity index (χ4n) is 3.56. The van der Waals surface area contributed by atoms with Crippen molar-refractivity contribution in [3.05, 3.63) is 81.8 Å². The van der Waals surface area contributed by atoms with Crippen LogP contribution in [-0.2, 0) is 17.8 Å². The molecule has 0 aliphatic carbocycles. The number of nitrogens with zero attached hydrogens (tertiary/aromatic N) is 2. The largest absolute Gasteiger partial charge is 0.467 e. The first-order valence-corrected chi connectivity index (χ1v) is 10.6. The summed E-state index contributed by atoms with van der Waals surface area (Å²) in [5.41, 5.74) is 5.35. The number of anilines is 1. The molecule has 1 amide bonds. The van der Waals surface area contributed by atoms with Crippen LogP contribution in [0.1, 0.15) is 28.0 Å². The minimum absolute atomic E-state index is 0.0124. The van der Waals surface area contributed by atoms with Crippen molar-refractivity contribution in [1.82, 2.24) is 4.98 Å². The van der Waals surface area contributed by atoms with E-state index in [-0.39, 0.29) is 5.91 Å². The molecule has 4 aromatic rings. The molecule has 4 nitrogen and oxygen atoms in total. The molecule has 6 heteroatoms. The molecule has 0 radical (unpaired) electrons. The van der Waals surface area contributed by atoms with E-state index in [0.717, 1.165) is 26.9 Å². The second-order valence-corrected chi connectivity index (χ2v) is 8.67. The van der Waals surface area contributed by atoms with E-state index in [1.807, 2.05) is 30.3 Å². The fraction of sp³-hybridized carbons (Fsp3) is 0.217. The molecule has 2 aromatic carbocycles. The minimum Gasteiger partial charge on any atom is -0.467 e. The smallest absolute Gasteiger partial charge is 0.233 e. The molecule has 29 heavy (non-hydrogen) atoms. The van der Waals surface area contributed by atoms with E-state index in [0.29, 0.717) is 28.9 Å². The molecule has 0 saturated carbocycles. The van der Waals surface area contributed by atoms with Crippen LogP contribution in [0.3, 0.4) is 0 Å². The number of hydrogen-bond acceptors (Lipinski definition) is 4. The first-order valence-electron chi connectivity index (χ1n) is 9.36. The van der Waals surface area contributed by atoms with Crippen LogP contribution >= 0.6 is 22.9 Å². The van der Waals surface area contributed by atoms with Gasteiger partial charge < -0.3 is 4.42 Å². The maximum atomic E-state index is 13.4. The molecular formula is C23H21ClN2O2S. The highest BCUT2D eigenvalue weighted by atomic mass is 35.5. The highest BCUT2D eigenvalue weighted by molar-refractivity contribution is 7.22. The summed E-state index contributed by atoms with van der Waals surface area (Å²) in [5.74, 6) is 0.703. The molecule has 2 heterocycles. The molecule has 0 atom stereocenters. The summed E-state index contributed by atoms with van der Waals surface area (Å²) in [6, 6.07) is 13.5. The van der Waals surface area contributed by atoms with Crippen LogP contribution in [-0.4, -0.2) is 10.9 Å². The first kappa shape index (κ1) is 19.7. The maximum Gasteiger partial charge on any atom is 0.233 e. The lowest BCUT2D eigenvalue weighted by molar-refractivity contribution is -0.118. The average molecular weight is 425 g/mol. The van der Waals surface area contributed by atoms with E-state index in [9.17, 15) is 4.79 Å². The zero-order chi connectivity index (χ0) is 20.5. The van der Waals surface area contributed by atoms with Crippen LogP contribution in [0.5, 0.6) is 0 Å². The third kappa shape index (κ3) is 4.21. The van der Waals surface area contributed by atoms with Gasteiger partial charge in [-0.25, -0.2) is 4.98 Å². The van der Waals surface area contributed by atoms with Gasteiger partial charge in [0.05, 0.1) is 29.4 Å². The van der Waals surface area contributed by atoms with Crippen molar-refractivity contribution in [3.63, 3.8) is 0 Å². The predicted molar refractivity (Wildman–Crippen MR) is 119 cm³/mol. The Morgan fingerprint density at radius 2 is 1.90 bits per heavy atom. The fourth-order valence-corrected chi connectivity index (χ4v) is 4.82. The van der Waals surface area contributed by atoms with Crippen LogP contribution in [0.2, 0.25) is 5.02 Å². The van der Waals surface area contributed by atoms with Crippen LogP contribution in [0.4, 0.5) is 5.13 Å². The molecule has 0 N–H and O–H groups in total. The van der Waals surface area contributed by atoms with Crippen LogP contribution < -0.4 is 4.90 Å². The topological polar surface area (TPSA) is 46.3 Å². The lowest BCUT2D eigenvalue weighted by atomic mass is 9.97. The Kier molecular flexibility index (Phi) is 5.43. The molecule has 2 aromatic heterocycles. The molecule has 0 unspecified atom stereocenters. The van der Waals surface area contributed by atoms with Crippen molar-refractivity contribution in [1.29, 1.82) is 0 Å². The number of rotatable bonds is 5. The van der Waals surface area contributed by atoms with Gasteiger partial charge in [-0.05, 0) is 67.8 Å². The summed E-state index contributed by atoms with van der Waals surface area (Å²) < 4.78 is 6.46. The summed E-state index contributed by atoms with van der Waals surface area (Å²) in [6.07, 6.45) is 1.93. The highest BCUT2D eigenvalue weighted by Crippen LogP contribution is 2.32. The number of carbonyl (C=O) groups is 1. The van der Waals surface area contributed by atoms with E-state index in [4.69, 9.17) is 16.0 Å². The summed E-state index contributed by atoms with van der Waals surface area (Å²) in [6.45, 7) is 6.52. The van der Waals surface area contributed by atoms with Crippen LogP contribution in [0.15, 0.2) is 53.1 Å². The van der Waals surface area contributed by atoms with E-state index in [1.54, 1.807) is 11.2 Å². The average Bonchev–Trinajstić information content (AvgIpc) is 3.31. The van der Waals surface area contributed by atoms with Gasteiger partial charge >= 0.3 is 0 Å². The highest BCUT2D eigenvalue weighted by Gasteiger charge is 2.23. The minimum atomic E-state index is -0.0124. The van der Waals surface area contributed by atoms with E-state index >= 15 is 0 Å². The molecular weight excluding hydrogens is 404 g/mol. The number of fused-ring (bicyclic) bond motifs is 1. The third-order valence-corrected chi connectivity index (χ3v) is 6.21. The van der Waals surface area contributed by atoms with E-state index in [1.165, 1.54) is 16.9 Å². The van der Waals surface area contributed by atoms with Crippen molar-refractivity contribution in [3.8, 4) is 0 Å². The Bertz CT molecular complexity index is 1160. The first-order chi connectivity index (χ1) is 13.9. The second kappa shape index (κ2) is 8.01. The molecule has 148 valence electrons. The Labute approximate surface area is 178 Å². The molecule has 0 aliphatic heterocycles. The standard InChI is InChI=1S/C23H21ClN2O2S/c1-14-9-15(2)19(16(3)10-14)12-22(27)26(13-18-5-4-8-28-18)23-25-20-7-6-17(24)11-21(20)29-23/h4-11H,12-13H2,1-3H3. The number of amides is 1. The monoisotopic (exact) mass is 424 g/mol. The second-order valence-electron chi connectivity index (χ2n) is 7.22. The molecule has 0 bridgehead atoms. The van der Waals surface area contributed by atoms with Gasteiger partial charge in [-0.3, -0.25) is 9.69 Å². The van der Waals surface area contributed by atoms with Gasteiger partial charge in [0.15, 0.2) is 5.13 Å². The number of benzene rings is 2. The number of halogens is 1. The number of aromatic nitrogens is 1. The van der Waals surface area contributed by atoms with Crippen molar-refractivity contribution in [2.45, 2.75) is 33.7 Å². The molecule has 0 spiro atoms. The third-order valence-electron chi connectivity index (χ3n) is 4.93. The van der Waals surface area contributed by atoms with Gasteiger partial charge in [-0.1, -0.05) is 40.6 Å². The van der Waals surface area contributed by atoms with Gasteiger partial charge in [0.1, 0.15) is 5.76 Å². The van der Waals surface area contributed by atoms with Crippen LogP contribution in [0.25, 0.3) is 10.2 Å². The number of furan rings is 1. The van der Waals surface area contributed by atoms with E-state index < -0.39 is 0 Å². The SMILES string of the molecule is Cc1cc(C)c(CC(=O)N(Cc2ccco2)c2nc3ccc(Cl)cc3s2)c(C)c1. The lowest BCUT2D eigenvalue weighted by Gasteiger charge is -2.20. The molecule has 0 saturated heterocycles. The Hall–Kier alpha value is -2.63. The number of carbonyl (C=O) groups excluding carboxylic acids is 1. The zero-order valence-corrected chi connectivity index (χ0v) is 18.1. The van der Waals surface area contributed by atoms with Gasteiger partial charge in [-0.2, -0.15) is 0 Å². The number of thiazole rings is 1. The van der Waals surface area contributed by atoms with Gasteiger partial charge in [0.2, 0.25) is 5.91 Å². The Morgan fingerprint density at radius 1 is 1.14 bits per heavy atom. The van der Waals surface area contributed by atoms with Crippen LogP contribution in [0, 0.1) is 20.8 Å². The normalized spacial score (nSPS) is 11.2. The van der Waals surface area contributed by atoms with Gasteiger partial charge in [0, 0.05) is 5.02 Å². The number of hydrogen-bond donors (Lipinski definition) is 0. The van der Waals surface area contributed by atoms with Crippen molar-refractivity contribution in [2.24, 2.45) is 0 Å². The predicted octanol–water partition coefficient (Wildman–Crippen LogP) is 6.24. The summed E-state index contributed by atoms with van der Waals surface area (Å²) in [4.78, 5) is 19.8. The molecule has 0 aliphatic rings. The van der Waals surface area contributed by atoms with E-state index in [2.05, 4.69) is 37.9 Å². The van der Waals surface area contributed by atoms with Crippen molar-refractivity contribution < 1.29 is 9.21 Å². The molecule has 0 fully saturated rings. The number of aryl methyl sites for hydroxylation is 3. The van der Waals surface area contributed by atoms with Gasteiger partial charge in [0.25, 0.3) is 0 Å². The Balaban J connectivity index is 1.70.